The number of anilines is 1. The summed E-state index contributed by atoms with van der Waals surface area (Å²) in [5.41, 5.74) is 0.0799. The number of esters is 1. The second-order valence-electron chi connectivity index (χ2n) is 6.70. The van der Waals surface area contributed by atoms with E-state index in [2.05, 4.69) is 20.3 Å². The molecule has 0 bridgehead atoms. The van der Waals surface area contributed by atoms with E-state index in [-0.39, 0.29) is 47.7 Å². The predicted octanol–water partition coefficient (Wildman–Crippen LogP) is 0.707. The molecule has 1 amide bonds. The first kappa shape index (κ1) is 16.7. The van der Waals surface area contributed by atoms with Crippen LogP contribution >= 0.6 is 0 Å². The second-order valence-corrected chi connectivity index (χ2v) is 6.70. The fourth-order valence-corrected chi connectivity index (χ4v) is 3.84. The fraction of sp³-hybridized carbons (Fsp3) is 0.562. The summed E-state index contributed by atoms with van der Waals surface area (Å²) in [4.78, 5) is 45.5. The molecule has 1 aliphatic carbocycles. The lowest BCUT2D eigenvalue weighted by Gasteiger charge is -2.20. The number of hydrogen-bond acceptors (Lipinski definition) is 7. The van der Waals surface area contributed by atoms with Crippen molar-refractivity contribution in [3.63, 3.8) is 0 Å². The van der Waals surface area contributed by atoms with Gasteiger partial charge in [-0.3, -0.25) is 29.3 Å². The number of amides is 1. The van der Waals surface area contributed by atoms with E-state index >= 15 is 0 Å². The van der Waals surface area contributed by atoms with E-state index in [4.69, 9.17) is 9.47 Å². The first-order valence-corrected chi connectivity index (χ1v) is 8.49. The van der Waals surface area contributed by atoms with Crippen molar-refractivity contribution in [3.8, 4) is 0 Å². The Labute approximate surface area is 147 Å². The Bertz CT molecular complexity index is 935. The van der Waals surface area contributed by atoms with Crippen LogP contribution in [0.2, 0.25) is 0 Å². The molecule has 2 aromatic rings. The van der Waals surface area contributed by atoms with E-state index in [1.54, 1.807) is 4.57 Å². The average molecular weight is 361 g/mol. The maximum absolute atomic E-state index is 12.2. The van der Waals surface area contributed by atoms with Gasteiger partial charge in [0.15, 0.2) is 11.2 Å². The van der Waals surface area contributed by atoms with Crippen molar-refractivity contribution in [3.05, 3.63) is 16.7 Å². The molecule has 1 saturated carbocycles. The molecule has 2 fully saturated rings. The van der Waals surface area contributed by atoms with E-state index in [1.165, 1.54) is 20.2 Å². The number of ether oxygens (including phenoxy) is 2. The van der Waals surface area contributed by atoms with Gasteiger partial charge in [-0.2, -0.15) is 4.98 Å². The highest BCUT2D eigenvalue weighted by Gasteiger charge is 2.47. The lowest BCUT2D eigenvalue weighted by atomic mass is 10.0. The van der Waals surface area contributed by atoms with Crippen molar-refractivity contribution in [1.82, 2.24) is 19.5 Å². The van der Waals surface area contributed by atoms with E-state index in [1.807, 2.05) is 0 Å². The summed E-state index contributed by atoms with van der Waals surface area (Å²) >= 11 is 0. The average Bonchev–Trinajstić information content (AvgIpc) is 3.21. The molecule has 1 aliphatic heterocycles. The Balaban J connectivity index is 1.63. The highest BCUT2D eigenvalue weighted by atomic mass is 16.6. The Morgan fingerprint density at radius 1 is 1.38 bits per heavy atom. The van der Waals surface area contributed by atoms with Gasteiger partial charge < -0.3 is 9.47 Å². The summed E-state index contributed by atoms with van der Waals surface area (Å²) in [7, 11) is 0. The van der Waals surface area contributed by atoms with Crippen molar-refractivity contribution >= 4 is 29.0 Å². The van der Waals surface area contributed by atoms with Gasteiger partial charge in [-0.1, -0.05) is 0 Å². The number of hydrogen-bond donors (Lipinski definition) is 2. The number of rotatable bonds is 3. The third-order valence-corrected chi connectivity index (χ3v) is 4.83. The molecule has 0 spiro atoms. The Morgan fingerprint density at radius 2 is 2.19 bits per heavy atom. The third kappa shape index (κ3) is 2.85. The van der Waals surface area contributed by atoms with Crippen molar-refractivity contribution < 1.29 is 19.1 Å². The first-order valence-electron chi connectivity index (χ1n) is 8.49. The number of H-pyrrole nitrogens is 1. The highest BCUT2D eigenvalue weighted by molar-refractivity contribution is 5.87. The molecule has 10 nitrogen and oxygen atoms in total. The SMILES string of the molecule is CC(=O)Nc1nc2c(ncn2[C@@H]2C[C@H]3CC[C@@H](OC(C)=O)[C@H]3O2)c(=O)[nH]1. The monoisotopic (exact) mass is 361 g/mol. The Morgan fingerprint density at radius 3 is 2.92 bits per heavy atom. The number of nitrogens with zero attached hydrogens (tertiary/aromatic N) is 3. The minimum Gasteiger partial charge on any atom is -0.460 e. The highest BCUT2D eigenvalue weighted by Crippen LogP contribution is 2.44. The van der Waals surface area contributed by atoms with Crippen molar-refractivity contribution in [2.75, 3.05) is 5.32 Å². The van der Waals surface area contributed by atoms with Crippen LogP contribution in [-0.2, 0) is 19.1 Å². The quantitative estimate of drug-likeness (QED) is 0.770. The molecule has 1 saturated heterocycles. The van der Waals surface area contributed by atoms with Crippen LogP contribution < -0.4 is 10.9 Å². The van der Waals surface area contributed by atoms with Gasteiger partial charge in [-0.15, -0.1) is 0 Å². The van der Waals surface area contributed by atoms with Gasteiger partial charge in [-0.05, 0) is 25.2 Å². The van der Waals surface area contributed by atoms with Gasteiger partial charge in [0, 0.05) is 13.8 Å². The molecule has 0 radical (unpaired) electrons. The van der Waals surface area contributed by atoms with Gasteiger partial charge in [0.25, 0.3) is 5.56 Å². The Kier molecular flexibility index (Phi) is 3.98. The molecule has 3 heterocycles. The standard InChI is InChI=1S/C16H19N5O5/c1-7(22)18-16-19-14-12(15(24)20-16)17-6-21(14)11-5-9-3-4-10(13(9)26-11)25-8(2)23/h6,9-11,13H,3-5H2,1-2H3,(H2,18,19,20,22,24)/t9-,10-,11+,13+/m1/s1. The number of imidazole rings is 1. The van der Waals surface area contributed by atoms with Gasteiger partial charge in [0.2, 0.25) is 11.9 Å². The van der Waals surface area contributed by atoms with E-state index in [0.717, 1.165) is 19.3 Å². The summed E-state index contributed by atoms with van der Waals surface area (Å²) in [5.74, 6) is -0.315. The van der Waals surface area contributed by atoms with Crippen LogP contribution in [0.3, 0.4) is 0 Å². The van der Waals surface area contributed by atoms with Crippen molar-refractivity contribution in [2.24, 2.45) is 5.92 Å². The van der Waals surface area contributed by atoms with Crippen molar-refractivity contribution in [1.29, 1.82) is 0 Å². The molecule has 2 aliphatic rings. The topological polar surface area (TPSA) is 128 Å². The third-order valence-electron chi connectivity index (χ3n) is 4.83. The summed E-state index contributed by atoms with van der Waals surface area (Å²) in [6.45, 7) is 2.72. The molecule has 4 atom stereocenters. The minimum absolute atomic E-state index is 0.0627. The maximum Gasteiger partial charge on any atom is 0.302 e. The number of fused-ring (bicyclic) bond motifs is 2. The zero-order valence-electron chi connectivity index (χ0n) is 14.4. The summed E-state index contributed by atoms with van der Waals surface area (Å²) in [6, 6.07) is 0. The zero-order chi connectivity index (χ0) is 18.4. The van der Waals surface area contributed by atoms with E-state index < -0.39 is 5.56 Å². The molecule has 10 heteroatoms. The number of carbonyl (C=O) groups is 2. The van der Waals surface area contributed by atoms with Gasteiger partial charge >= 0.3 is 5.97 Å². The molecule has 2 aromatic heterocycles. The van der Waals surface area contributed by atoms with Crippen molar-refractivity contribution in [2.45, 2.75) is 51.5 Å². The van der Waals surface area contributed by atoms with Crippen LogP contribution in [-0.4, -0.2) is 43.6 Å². The number of aromatic nitrogens is 4. The molecular formula is C16H19N5O5. The van der Waals surface area contributed by atoms with Crippen LogP contribution in [0.15, 0.2) is 11.1 Å². The molecule has 26 heavy (non-hydrogen) atoms. The smallest absolute Gasteiger partial charge is 0.302 e. The van der Waals surface area contributed by atoms with Gasteiger partial charge in [0.05, 0.1) is 6.33 Å². The Hall–Kier alpha value is -2.75. The summed E-state index contributed by atoms with van der Waals surface area (Å²) in [5, 5.41) is 2.47. The second kappa shape index (κ2) is 6.20. The molecular weight excluding hydrogens is 342 g/mol. The number of carbonyl (C=O) groups excluding carboxylic acids is 2. The largest absolute Gasteiger partial charge is 0.460 e. The molecule has 4 rings (SSSR count). The molecule has 138 valence electrons. The van der Waals surface area contributed by atoms with Gasteiger partial charge in [0.1, 0.15) is 18.4 Å². The van der Waals surface area contributed by atoms with Crippen LogP contribution in [0.25, 0.3) is 11.2 Å². The van der Waals surface area contributed by atoms with E-state index in [0.29, 0.717) is 5.65 Å². The molecule has 2 N–H and O–H groups in total. The zero-order valence-corrected chi connectivity index (χ0v) is 14.4. The van der Waals surface area contributed by atoms with Crippen LogP contribution in [0, 0.1) is 5.92 Å². The lowest BCUT2D eigenvalue weighted by Crippen LogP contribution is -2.28. The fourth-order valence-electron chi connectivity index (χ4n) is 3.84. The normalized spacial score (nSPS) is 27.5. The minimum atomic E-state index is -0.437. The lowest BCUT2D eigenvalue weighted by molar-refractivity contribution is -0.154. The first-order chi connectivity index (χ1) is 12.4. The predicted molar refractivity (Wildman–Crippen MR) is 89.3 cm³/mol. The summed E-state index contributed by atoms with van der Waals surface area (Å²) < 4.78 is 13.2. The summed E-state index contributed by atoms with van der Waals surface area (Å²) in [6.07, 6.45) is 3.16. The van der Waals surface area contributed by atoms with Crippen LogP contribution in [0.4, 0.5) is 5.95 Å². The number of nitrogens with one attached hydrogen (secondary N) is 2. The van der Waals surface area contributed by atoms with Crippen LogP contribution in [0.1, 0.15) is 39.3 Å². The molecule has 0 unspecified atom stereocenters. The van der Waals surface area contributed by atoms with E-state index in [9.17, 15) is 14.4 Å². The van der Waals surface area contributed by atoms with Crippen LogP contribution in [0.5, 0.6) is 0 Å². The molecule has 0 aromatic carbocycles. The number of aromatic amines is 1. The van der Waals surface area contributed by atoms with Gasteiger partial charge in [-0.25, -0.2) is 4.98 Å². The maximum atomic E-state index is 12.2.